The number of anilines is 1. The molecule has 3 N–H and O–H groups in total. The Kier molecular flexibility index (Phi) is 4.55. The number of nitrogens with two attached hydrogens (primary N) is 1. The Hall–Kier alpha value is -0.440. The van der Waals surface area contributed by atoms with Gasteiger partial charge in [0, 0.05) is 21.8 Å². The molecule has 0 saturated heterocycles. The Morgan fingerprint density at radius 3 is 2.41 bits per heavy atom. The summed E-state index contributed by atoms with van der Waals surface area (Å²) in [6, 6.07) is 6.02. The van der Waals surface area contributed by atoms with Crippen molar-refractivity contribution in [3.8, 4) is 0 Å². The zero-order valence-electron chi connectivity index (χ0n) is 9.76. The molecule has 0 amide bonds. The predicted octanol–water partition coefficient (Wildman–Crippen LogP) is 3.92. The van der Waals surface area contributed by atoms with E-state index in [1.54, 1.807) is 6.07 Å². The number of benzene rings is 1. The van der Waals surface area contributed by atoms with Gasteiger partial charge in [-0.05, 0) is 43.5 Å². The molecule has 0 aromatic heterocycles. The Morgan fingerprint density at radius 1 is 1.12 bits per heavy atom. The predicted molar refractivity (Wildman–Crippen MR) is 74.9 cm³/mol. The van der Waals surface area contributed by atoms with E-state index >= 15 is 0 Å². The van der Waals surface area contributed by atoms with Gasteiger partial charge in [-0.3, -0.25) is 0 Å². The molecule has 0 aliphatic heterocycles. The molecule has 2 rings (SSSR count). The van der Waals surface area contributed by atoms with Crippen LogP contribution < -0.4 is 11.1 Å². The second kappa shape index (κ2) is 5.94. The van der Waals surface area contributed by atoms with Crippen molar-refractivity contribution in [1.29, 1.82) is 0 Å². The SMILES string of the molecule is NCC1CCCCC1Nc1cc(Cl)cc(Cl)c1. The van der Waals surface area contributed by atoms with Gasteiger partial charge in [-0.25, -0.2) is 0 Å². The lowest BCUT2D eigenvalue weighted by molar-refractivity contribution is 0.332. The van der Waals surface area contributed by atoms with Crippen LogP contribution in [0.4, 0.5) is 5.69 Å². The number of halogens is 2. The largest absolute Gasteiger partial charge is 0.382 e. The zero-order chi connectivity index (χ0) is 12.3. The van der Waals surface area contributed by atoms with Crippen molar-refractivity contribution in [3.05, 3.63) is 28.2 Å². The molecule has 1 aromatic carbocycles. The molecule has 1 saturated carbocycles. The van der Waals surface area contributed by atoms with Crippen LogP contribution >= 0.6 is 23.2 Å². The molecule has 2 unspecified atom stereocenters. The molecule has 0 radical (unpaired) electrons. The van der Waals surface area contributed by atoms with Gasteiger partial charge in [-0.1, -0.05) is 36.0 Å². The Labute approximate surface area is 112 Å². The minimum absolute atomic E-state index is 0.447. The highest BCUT2D eigenvalue weighted by atomic mass is 35.5. The van der Waals surface area contributed by atoms with Gasteiger partial charge in [0.2, 0.25) is 0 Å². The molecule has 1 fully saturated rings. The summed E-state index contributed by atoms with van der Waals surface area (Å²) in [5.74, 6) is 0.557. The van der Waals surface area contributed by atoms with E-state index in [1.807, 2.05) is 12.1 Å². The maximum atomic E-state index is 5.99. The second-order valence-electron chi connectivity index (χ2n) is 4.69. The van der Waals surface area contributed by atoms with Gasteiger partial charge in [0.05, 0.1) is 0 Å². The highest BCUT2D eigenvalue weighted by molar-refractivity contribution is 6.35. The molecule has 1 aromatic rings. The van der Waals surface area contributed by atoms with E-state index in [4.69, 9.17) is 28.9 Å². The fraction of sp³-hybridized carbons (Fsp3) is 0.538. The maximum absolute atomic E-state index is 5.99. The highest BCUT2D eigenvalue weighted by Gasteiger charge is 2.23. The van der Waals surface area contributed by atoms with Gasteiger partial charge in [-0.15, -0.1) is 0 Å². The molecule has 2 nitrogen and oxygen atoms in total. The van der Waals surface area contributed by atoms with Gasteiger partial charge < -0.3 is 11.1 Å². The van der Waals surface area contributed by atoms with Crippen molar-refractivity contribution in [3.63, 3.8) is 0 Å². The molecule has 0 heterocycles. The molecule has 1 aliphatic carbocycles. The van der Waals surface area contributed by atoms with Crippen LogP contribution in [0.1, 0.15) is 25.7 Å². The molecule has 0 bridgehead atoms. The van der Waals surface area contributed by atoms with Crippen LogP contribution in [0.2, 0.25) is 10.0 Å². The van der Waals surface area contributed by atoms with E-state index in [2.05, 4.69) is 5.32 Å². The Balaban J connectivity index is 2.08. The van der Waals surface area contributed by atoms with Crippen LogP contribution in [0, 0.1) is 5.92 Å². The fourth-order valence-corrected chi connectivity index (χ4v) is 3.06. The lowest BCUT2D eigenvalue weighted by Crippen LogP contribution is -2.36. The van der Waals surface area contributed by atoms with E-state index in [0.717, 1.165) is 12.2 Å². The van der Waals surface area contributed by atoms with E-state index < -0.39 is 0 Å². The topological polar surface area (TPSA) is 38.0 Å². The summed E-state index contributed by atoms with van der Waals surface area (Å²) in [6.45, 7) is 0.742. The minimum atomic E-state index is 0.447. The average molecular weight is 273 g/mol. The zero-order valence-corrected chi connectivity index (χ0v) is 11.3. The van der Waals surface area contributed by atoms with Crippen LogP contribution in [-0.4, -0.2) is 12.6 Å². The third-order valence-electron chi connectivity index (χ3n) is 3.43. The molecule has 2 atom stereocenters. The molecular weight excluding hydrogens is 255 g/mol. The number of hydrogen-bond donors (Lipinski definition) is 2. The average Bonchev–Trinajstić information content (AvgIpc) is 2.28. The summed E-state index contributed by atoms with van der Waals surface area (Å²) in [6.07, 6.45) is 4.94. The number of nitrogens with one attached hydrogen (secondary N) is 1. The molecule has 94 valence electrons. The Bertz CT molecular complexity index is 361. The molecule has 4 heteroatoms. The standard InChI is InChI=1S/C13H18Cl2N2/c14-10-5-11(15)7-12(6-10)17-13-4-2-1-3-9(13)8-16/h5-7,9,13,17H,1-4,8,16H2. The van der Waals surface area contributed by atoms with Crippen LogP contribution in [-0.2, 0) is 0 Å². The summed E-state index contributed by atoms with van der Waals surface area (Å²) in [4.78, 5) is 0. The van der Waals surface area contributed by atoms with Crippen molar-refractivity contribution in [2.75, 3.05) is 11.9 Å². The quantitative estimate of drug-likeness (QED) is 0.875. The number of rotatable bonds is 3. The van der Waals surface area contributed by atoms with Crippen LogP contribution in [0.5, 0.6) is 0 Å². The van der Waals surface area contributed by atoms with Gasteiger partial charge in [0.25, 0.3) is 0 Å². The third-order valence-corrected chi connectivity index (χ3v) is 3.86. The van der Waals surface area contributed by atoms with Gasteiger partial charge in [0.1, 0.15) is 0 Å². The first-order chi connectivity index (χ1) is 8.19. The monoisotopic (exact) mass is 272 g/mol. The summed E-state index contributed by atoms with van der Waals surface area (Å²) >= 11 is 12.0. The summed E-state index contributed by atoms with van der Waals surface area (Å²) < 4.78 is 0. The summed E-state index contributed by atoms with van der Waals surface area (Å²) in [5, 5.41) is 4.85. The maximum Gasteiger partial charge on any atom is 0.0441 e. The van der Waals surface area contributed by atoms with Crippen molar-refractivity contribution >= 4 is 28.9 Å². The summed E-state index contributed by atoms with van der Waals surface area (Å²) in [7, 11) is 0. The highest BCUT2D eigenvalue weighted by Crippen LogP contribution is 2.29. The second-order valence-corrected chi connectivity index (χ2v) is 5.56. The van der Waals surface area contributed by atoms with Gasteiger partial charge in [0.15, 0.2) is 0 Å². The summed E-state index contributed by atoms with van der Waals surface area (Å²) in [5.41, 5.74) is 6.81. The first-order valence-corrected chi connectivity index (χ1v) is 6.87. The van der Waals surface area contributed by atoms with Crippen molar-refractivity contribution < 1.29 is 0 Å². The van der Waals surface area contributed by atoms with E-state index in [9.17, 15) is 0 Å². The van der Waals surface area contributed by atoms with E-state index in [1.165, 1.54) is 25.7 Å². The normalized spacial score (nSPS) is 24.6. The van der Waals surface area contributed by atoms with Crippen LogP contribution in [0.25, 0.3) is 0 Å². The van der Waals surface area contributed by atoms with Crippen molar-refractivity contribution in [1.82, 2.24) is 0 Å². The lowest BCUT2D eigenvalue weighted by Gasteiger charge is -2.32. The van der Waals surface area contributed by atoms with Crippen molar-refractivity contribution in [2.24, 2.45) is 11.7 Å². The van der Waals surface area contributed by atoms with Gasteiger partial charge in [-0.2, -0.15) is 0 Å². The first kappa shape index (κ1) is 13.0. The number of hydrogen-bond acceptors (Lipinski definition) is 2. The fourth-order valence-electron chi connectivity index (χ4n) is 2.53. The third kappa shape index (κ3) is 3.51. The molecule has 0 spiro atoms. The Morgan fingerprint density at radius 2 is 1.76 bits per heavy atom. The van der Waals surface area contributed by atoms with Crippen LogP contribution in [0.3, 0.4) is 0 Å². The molecule has 1 aliphatic rings. The van der Waals surface area contributed by atoms with Crippen molar-refractivity contribution in [2.45, 2.75) is 31.7 Å². The van der Waals surface area contributed by atoms with Gasteiger partial charge >= 0.3 is 0 Å². The first-order valence-electron chi connectivity index (χ1n) is 6.12. The van der Waals surface area contributed by atoms with Crippen LogP contribution in [0.15, 0.2) is 18.2 Å². The smallest absolute Gasteiger partial charge is 0.0441 e. The molecular formula is C13H18Cl2N2. The van der Waals surface area contributed by atoms with E-state index in [0.29, 0.717) is 22.0 Å². The minimum Gasteiger partial charge on any atom is -0.382 e. The molecule has 17 heavy (non-hydrogen) atoms. The van der Waals surface area contributed by atoms with E-state index in [-0.39, 0.29) is 0 Å². The lowest BCUT2D eigenvalue weighted by atomic mass is 9.84.